The van der Waals surface area contributed by atoms with Gasteiger partial charge in [0, 0.05) is 17.6 Å². The standard InChI is InChI=1S/C21H29ClN4O2S/c1-3-11-23-20(27)14-29-21-25-24-19(26(21)17-7-5-4-6-8-17)13-28-18-10-9-16(22)12-15(18)2/h9-10,12,17H,3-8,11,13-14H2,1-2H3,(H,23,27). The number of rotatable bonds is 9. The maximum atomic E-state index is 12.0. The van der Waals surface area contributed by atoms with E-state index in [1.165, 1.54) is 31.0 Å². The van der Waals surface area contributed by atoms with E-state index in [1.54, 1.807) is 0 Å². The summed E-state index contributed by atoms with van der Waals surface area (Å²) in [6, 6.07) is 5.96. The number of nitrogens with zero attached hydrogens (tertiary/aromatic N) is 3. The van der Waals surface area contributed by atoms with Gasteiger partial charge in [0.05, 0.1) is 5.75 Å². The zero-order chi connectivity index (χ0) is 20.6. The first-order valence-electron chi connectivity index (χ1n) is 10.3. The summed E-state index contributed by atoms with van der Waals surface area (Å²) in [6.07, 6.45) is 6.85. The molecule has 0 radical (unpaired) electrons. The molecule has 8 heteroatoms. The average molecular weight is 437 g/mol. The molecular formula is C21H29ClN4O2S. The lowest BCUT2D eigenvalue weighted by molar-refractivity contribution is -0.118. The zero-order valence-corrected chi connectivity index (χ0v) is 18.7. The lowest BCUT2D eigenvalue weighted by atomic mass is 9.95. The van der Waals surface area contributed by atoms with Crippen LogP contribution in [0.5, 0.6) is 5.75 Å². The van der Waals surface area contributed by atoms with Gasteiger partial charge in [0.1, 0.15) is 12.4 Å². The molecule has 29 heavy (non-hydrogen) atoms. The van der Waals surface area contributed by atoms with Gasteiger partial charge in [-0.3, -0.25) is 9.36 Å². The molecule has 0 atom stereocenters. The van der Waals surface area contributed by atoms with Gasteiger partial charge in [-0.15, -0.1) is 10.2 Å². The SMILES string of the molecule is CCCNC(=O)CSc1nnc(COc2ccc(Cl)cc2C)n1C1CCCCC1. The second kappa shape index (κ2) is 10.9. The first-order chi connectivity index (χ1) is 14.1. The van der Waals surface area contributed by atoms with Crippen molar-refractivity contribution in [3.63, 3.8) is 0 Å². The van der Waals surface area contributed by atoms with E-state index in [0.717, 1.165) is 41.6 Å². The second-order valence-electron chi connectivity index (χ2n) is 7.40. The molecule has 1 aliphatic carbocycles. The highest BCUT2D eigenvalue weighted by molar-refractivity contribution is 7.99. The van der Waals surface area contributed by atoms with E-state index in [0.29, 0.717) is 30.0 Å². The topological polar surface area (TPSA) is 69.0 Å². The predicted molar refractivity (Wildman–Crippen MR) is 117 cm³/mol. The van der Waals surface area contributed by atoms with Gasteiger partial charge in [-0.05, 0) is 49.9 Å². The number of halogens is 1. The molecule has 158 valence electrons. The van der Waals surface area contributed by atoms with Crippen molar-refractivity contribution in [3.8, 4) is 5.75 Å². The first kappa shape index (κ1) is 22.0. The summed E-state index contributed by atoms with van der Waals surface area (Å²) in [5.41, 5.74) is 0.989. The molecule has 1 saturated carbocycles. The molecular weight excluding hydrogens is 408 g/mol. The minimum Gasteiger partial charge on any atom is -0.485 e. The number of thioether (sulfide) groups is 1. The lowest BCUT2D eigenvalue weighted by Gasteiger charge is -2.25. The maximum absolute atomic E-state index is 12.0. The molecule has 1 aromatic carbocycles. The van der Waals surface area contributed by atoms with Crippen LogP contribution in [-0.4, -0.2) is 33.0 Å². The van der Waals surface area contributed by atoms with Crippen LogP contribution in [-0.2, 0) is 11.4 Å². The highest BCUT2D eigenvalue weighted by Crippen LogP contribution is 2.33. The van der Waals surface area contributed by atoms with Crippen LogP contribution in [0.1, 0.15) is 62.9 Å². The van der Waals surface area contributed by atoms with E-state index in [2.05, 4.69) is 20.1 Å². The van der Waals surface area contributed by atoms with Gasteiger partial charge in [-0.2, -0.15) is 0 Å². The van der Waals surface area contributed by atoms with Gasteiger partial charge in [-0.25, -0.2) is 0 Å². The fourth-order valence-electron chi connectivity index (χ4n) is 3.57. The van der Waals surface area contributed by atoms with E-state index in [-0.39, 0.29) is 5.91 Å². The van der Waals surface area contributed by atoms with Gasteiger partial charge in [0.15, 0.2) is 11.0 Å². The third-order valence-corrected chi connectivity index (χ3v) is 6.25. The summed E-state index contributed by atoms with van der Waals surface area (Å²) in [4.78, 5) is 12.0. The monoisotopic (exact) mass is 436 g/mol. The number of nitrogens with one attached hydrogen (secondary N) is 1. The van der Waals surface area contributed by atoms with Crippen LogP contribution in [0.2, 0.25) is 5.02 Å². The summed E-state index contributed by atoms with van der Waals surface area (Å²) >= 11 is 7.49. The zero-order valence-electron chi connectivity index (χ0n) is 17.1. The van der Waals surface area contributed by atoms with Crippen molar-refractivity contribution in [3.05, 3.63) is 34.6 Å². The van der Waals surface area contributed by atoms with Crippen molar-refractivity contribution in [2.75, 3.05) is 12.3 Å². The molecule has 1 heterocycles. The molecule has 6 nitrogen and oxygen atoms in total. The number of carbonyl (C=O) groups is 1. The van der Waals surface area contributed by atoms with Crippen LogP contribution in [0.25, 0.3) is 0 Å². The van der Waals surface area contributed by atoms with Crippen LogP contribution in [0, 0.1) is 6.92 Å². The van der Waals surface area contributed by atoms with E-state index in [9.17, 15) is 4.79 Å². The molecule has 1 N–H and O–H groups in total. The normalized spacial score (nSPS) is 14.7. The lowest BCUT2D eigenvalue weighted by Crippen LogP contribution is -2.26. The number of hydrogen-bond acceptors (Lipinski definition) is 5. The van der Waals surface area contributed by atoms with Crippen molar-refractivity contribution < 1.29 is 9.53 Å². The summed E-state index contributed by atoms with van der Waals surface area (Å²) < 4.78 is 8.23. The smallest absolute Gasteiger partial charge is 0.230 e. The molecule has 1 amide bonds. The Kier molecular flexibility index (Phi) is 8.24. The van der Waals surface area contributed by atoms with E-state index in [1.807, 2.05) is 32.0 Å². The predicted octanol–water partition coefficient (Wildman–Crippen LogP) is 4.94. The molecule has 1 aromatic heterocycles. The number of ether oxygens (including phenoxy) is 1. The molecule has 2 aromatic rings. The van der Waals surface area contributed by atoms with Crippen molar-refractivity contribution in [2.24, 2.45) is 0 Å². The summed E-state index contributed by atoms with van der Waals surface area (Å²) in [6.45, 7) is 5.06. The average Bonchev–Trinajstić information content (AvgIpc) is 3.13. The maximum Gasteiger partial charge on any atom is 0.230 e. The van der Waals surface area contributed by atoms with Gasteiger partial charge < -0.3 is 10.1 Å². The summed E-state index contributed by atoms with van der Waals surface area (Å²) in [5.74, 6) is 1.98. The minimum absolute atomic E-state index is 0.0321. The minimum atomic E-state index is 0.0321. The second-order valence-corrected chi connectivity index (χ2v) is 8.78. The van der Waals surface area contributed by atoms with Gasteiger partial charge in [-0.1, -0.05) is 49.5 Å². The number of hydrogen-bond donors (Lipinski definition) is 1. The van der Waals surface area contributed by atoms with Crippen molar-refractivity contribution in [1.29, 1.82) is 0 Å². The van der Waals surface area contributed by atoms with Crippen molar-refractivity contribution in [2.45, 2.75) is 70.2 Å². The fraction of sp³-hybridized carbons (Fsp3) is 0.571. The van der Waals surface area contributed by atoms with Gasteiger partial charge in [0.2, 0.25) is 5.91 Å². The Morgan fingerprint density at radius 2 is 2.10 bits per heavy atom. The first-order valence-corrected chi connectivity index (χ1v) is 11.7. The van der Waals surface area contributed by atoms with E-state index >= 15 is 0 Å². The van der Waals surface area contributed by atoms with Crippen LogP contribution >= 0.6 is 23.4 Å². The Morgan fingerprint density at radius 1 is 1.31 bits per heavy atom. The highest BCUT2D eigenvalue weighted by atomic mass is 35.5. The molecule has 0 bridgehead atoms. The fourth-order valence-corrected chi connectivity index (χ4v) is 4.65. The molecule has 0 aliphatic heterocycles. The van der Waals surface area contributed by atoms with Crippen LogP contribution in [0.4, 0.5) is 0 Å². The summed E-state index contributed by atoms with van der Waals surface area (Å²) in [5, 5.41) is 13.2. The molecule has 1 fully saturated rings. The number of amides is 1. The Balaban J connectivity index is 1.73. The Labute approximate surface area is 181 Å². The van der Waals surface area contributed by atoms with E-state index in [4.69, 9.17) is 16.3 Å². The quantitative estimate of drug-likeness (QED) is 0.563. The molecule has 0 spiro atoms. The van der Waals surface area contributed by atoms with Gasteiger partial charge >= 0.3 is 0 Å². The Hall–Kier alpha value is -1.73. The van der Waals surface area contributed by atoms with Crippen LogP contribution < -0.4 is 10.1 Å². The largest absolute Gasteiger partial charge is 0.485 e. The molecule has 0 unspecified atom stereocenters. The third kappa shape index (κ3) is 6.12. The van der Waals surface area contributed by atoms with E-state index < -0.39 is 0 Å². The number of benzene rings is 1. The molecule has 1 aliphatic rings. The highest BCUT2D eigenvalue weighted by Gasteiger charge is 2.24. The molecule has 0 saturated heterocycles. The van der Waals surface area contributed by atoms with Crippen LogP contribution in [0.3, 0.4) is 0 Å². The summed E-state index contributed by atoms with van der Waals surface area (Å²) in [7, 11) is 0. The van der Waals surface area contributed by atoms with Crippen LogP contribution in [0.15, 0.2) is 23.4 Å². The van der Waals surface area contributed by atoms with Gasteiger partial charge in [0.25, 0.3) is 0 Å². The number of carbonyl (C=O) groups excluding carboxylic acids is 1. The van der Waals surface area contributed by atoms with Crippen molar-refractivity contribution >= 4 is 29.3 Å². The number of aryl methyl sites for hydroxylation is 1. The molecule has 3 rings (SSSR count). The Morgan fingerprint density at radius 3 is 2.83 bits per heavy atom. The van der Waals surface area contributed by atoms with Crippen molar-refractivity contribution in [1.82, 2.24) is 20.1 Å². The third-order valence-electron chi connectivity index (χ3n) is 5.07. The number of aromatic nitrogens is 3. The Bertz CT molecular complexity index is 821.